The molecule has 2 fully saturated rings. The van der Waals surface area contributed by atoms with Gasteiger partial charge < -0.3 is 14.7 Å². The molecule has 1 aliphatic carbocycles. The summed E-state index contributed by atoms with van der Waals surface area (Å²) in [4.78, 5) is 39.5. The van der Waals surface area contributed by atoms with E-state index in [1.54, 1.807) is 0 Å². The molecule has 164 valence electrons. The average Bonchev–Trinajstić information content (AvgIpc) is 3.37. The number of fused-ring (bicyclic) bond motifs is 1. The van der Waals surface area contributed by atoms with Crippen LogP contribution >= 0.6 is 0 Å². The van der Waals surface area contributed by atoms with E-state index in [4.69, 9.17) is 11.6 Å². The zero-order valence-corrected chi connectivity index (χ0v) is 17.0. The van der Waals surface area contributed by atoms with Gasteiger partial charge in [-0.1, -0.05) is 36.8 Å². The minimum atomic E-state index is -3.20. The summed E-state index contributed by atoms with van der Waals surface area (Å²) in [5, 5.41) is 12.5. The number of carboxylic acids is 1. The molecule has 1 saturated heterocycles. The van der Waals surface area contributed by atoms with Crippen LogP contribution in [0.3, 0.4) is 0 Å². The van der Waals surface area contributed by atoms with Crippen molar-refractivity contribution in [3.05, 3.63) is 35.9 Å². The second-order valence-electron chi connectivity index (χ2n) is 8.08. The number of esters is 1. The van der Waals surface area contributed by atoms with Crippen LogP contribution in [0.5, 0.6) is 0 Å². The van der Waals surface area contributed by atoms with E-state index in [0.717, 1.165) is 24.8 Å². The Morgan fingerprint density at radius 2 is 2.10 bits per heavy atom. The molecular formula is C23H32N2O5. The number of nitrogens with zero attached hydrogens (tertiary/aromatic N) is 1. The van der Waals surface area contributed by atoms with E-state index in [1.165, 1.54) is 11.8 Å². The number of nitrogens with one attached hydrogen (secondary N) is 1. The van der Waals surface area contributed by atoms with Gasteiger partial charge in [0.1, 0.15) is 12.1 Å². The molecule has 30 heavy (non-hydrogen) atoms. The SMILES string of the molecule is [2H]C([2H])([2H])C([2H])([2H])OC(=O)[C@H](CCc1ccccc1)N[C@@H](C)C(=O)N1C2CCCC2C[C@H]1C(=O)O. The van der Waals surface area contributed by atoms with Crippen LogP contribution in [0.1, 0.15) is 58.3 Å². The number of ether oxygens (including phenoxy) is 1. The maximum atomic E-state index is 13.4. The summed E-state index contributed by atoms with van der Waals surface area (Å²) >= 11 is 0. The number of aliphatic carboxylic acids is 1. The molecule has 1 amide bonds. The fourth-order valence-electron chi connectivity index (χ4n) is 4.77. The summed E-state index contributed by atoms with van der Waals surface area (Å²) in [6.07, 6.45) is 3.42. The van der Waals surface area contributed by atoms with Crippen molar-refractivity contribution < 1.29 is 31.1 Å². The zero-order valence-electron chi connectivity index (χ0n) is 22.0. The van der Waals surface area contributed by atoms with Crippen molar-refractivity contribution in [1.29, 1.82) is 0 Å². The van der Waals surface area contributed by atoms with Crippen molar-refractivity contribution in [1.82, 2.24) is 10.2 Å². The largest absolute Gasteiger partial charge is 0.480 e. The normalized spacial score (nSPS) is 28.2. The van der Waals surface area contributed by atoms with E-state index >= 15 is 0 Å². The molecule has 2 unspecified atom stereocenters. The van der Waals surface area contributed by atoms with E-state index in [1.807, 2.05) is 30.3 Å². The summed E-state index contributed by atoms with van der Waals surface area (Å²) in [5.41, 5.74) is 0.893. The molecule has 7 nitrogen and oxygen atoms in total. The molecule has 2 N–H and O–H groups in total. The molecule has 0 aromatic heterocycles. The van der Waals surface area contributed by atoms with Gasteiger partial charge in [0.2, 0.25) is 5.91 Å². The smallest absolute Gasteiger partial charge is 0.326 e. The molecule has 2 aliphatic rings. The topological polar surface area (TPSA) is 95.9 Å². The van der Waals surface area contributed by atoms with Crippen molar-refractivity contribution in [2.24, 2.45) is 5.92 Å². The highest BCUT2D eigenvalue weighted by molar-refractivity contribution is 5.88. The summed E-state index contributed by atoms with van der Waals surface area (Å²) in [7, 11) is 0. The standard InChI is InChI=1S/C23H32N2O5/c1-3-30-23(29)18(13-12-16-8-5-4-6-9-16)24-15(2)21(26)25-19-11-7-10-17(19)14-20(25)22(27)28/h4-6,8-9,15,17-20,24H,3,7,10-14H2,1-2H3,(H,27,28)/t15-,17?,18-,19?,20-/m0/s1/i1D3,3D2. The van der Waals surface area contributed by atoms with Gasteiger partial charge in [0.05, 0.1) is 15.3 Å². The molecule has 0 spiro atoms. The van der Waals surface area contributed by atoms with Gasteiger partial charge >= 0.3 is 11.9 Å². The summed E-state index contributed by atoms with van der Waals surface area (Å²) in [6, 6.07) is 5.94. The lowest BCUT2D eigenvalue weighted by atomic mass is 10.0. The predicted molar refractivity (Wildman–Crippen MR) is 112 cm³/mol. The number of benzene rings is 1. The van der Waals surface area contributed by atoms with Crippen molar-refractivity contribution in [2.75, 3.05) is 6.56 Å². The van der Waals surface area contributed by atoms with Gasteiger partial charge in [0.25, 0.3) is 0 Å². The number of carboxylic acid groups (broad SMARTS) is 1. The van der Waals surface area contributed by atoms with E-state index in [-0.39, 0.29) is 18.4 Å². The molecule has 1 saturated carbocycles. The minimum Gasteiger partial charge on any atom is -0.480 e. The maximum absolute atomic E-state index is 13.4. The molecular weight excluding hydrogens is 384 g/mol. The highest BCUT2D eigenvalue weighted by Crippen LogP contribution is 2.41. The van der Waals surface area contributed by atoms with Crippen LogP contribution in [-0.4, -0.2) is 58.6 Å². The van der Waals surface area contributed by atoms with Gasteiger partial charge in [-0.05, 0) is 57.4 Å². The first-order chi connectivity index (χ1) is 16.3. The van der Waals surface area contributed by atoms with Gasteiger partial charge in [-0.2, -0.15) is 0 Å². The second kappa shape index (κ2) is 10.1. The Kier molecular flexibility index (Phi) is 5.47. The third-order valence-electron chi connectivity index (χ3n) is 6.20. The second-order valence-corrected chi connectivity index (χ2v) is 8.08. The molecule has 1 aromatic carbocycles. The number of hydrogen-bond acceptors (Lipinski definition) is 5. The number of carbonyl (C=O) groups is 3. The molecule has 0 radical (unpaired) electrons. The van der Waals surface area contributed by atoms with Gasteiger partial charge in [-0.3, -0.25) is 14.9 Å². The van der Waals surface area contributed by atoms with Crippen LogP contribution in [0, 0.1) is 5.92 Å². The van der Waals surface area contributed by atoms with Crippen LogP contribution in [-0.2, 0) is 25.5 Å². The van der Waals surface area contributed by atoms with Crippen molar-refractivity contribution in [3.63, 3.8) is 0 Å². The Hall–Kier alpha value is -2.41. The Labute approximate surface area is 184 Å². The first-order valence-electron chi connectivity index (χ1n) is 12.9. The van der Waals surface area contributed by atoms with Crippen LogP contribution in [0.25, 0.3) is 0 Å². The molecule has 7 heteroatoms. The summed E-state index contributed by atoms with van der Waals surface area (Å²) < 4.78 is 41.9. The fourth-order valence-corrected chi connectivity index (χ4v) is 4.77. The number of amides is 1. The number of hydrogen-bond donors (Lipinski definition) is 2. The number of rotatable bonds is 9. The molecule has 1 aromatic rings. The quantitative estimate of drug-likeness (QED) is 0.595. The van der Waals surface area contributed by atoms with E-state index < -0.39 is 49.4 Å². The lowest BCUT2D eigenvalue weighted by molar-refractivity contribution is -0.151. The first-order valence-corrected chi connectivity index (χ1v) is 10.4. The average molecular weight is 422 g/mol. The van der Waals surface area contributed by atoms with Gasteiger partial charge in [-0.15, -0.1) is 0 Å². The minimum absolute atomic E-state index is 0.117. The van der Waals surface area contributed by atoms with Crippen molar-refractivity contribution >= 4 is 17.8 Å². The molecule has 1 heterocycles. The van der Waals surface area contributed by atoms with Gasteiger partial charge in [0, 0.05) is 10.2 Å². The number of likely N-dealkylation sites (tertiary alicyclic amines) is 1. The maximum Gasteiger partial charge on any atom is 0.326 e. The monoisotopic (exact) mass is 421 g/mol. The Morgan fingerprint density at radius 1 is 1.33 bits per heavy atom. The number of aryl methyl sites for hydroxylation is 1. The summed E-state index contributed by atoms with van der Waals surface area (Å²) in [6.45, 7) is -4.87. The van der Waals surface area contributed by atoms with Crippen LogP contribution in [0.2, 0.25) is 0 Å². The number of carbonyl (C=O) groups excluding carboxylic acids is 2. The van der Waals surface area contributed by atoms with Crippen molar-refractivity contribution in [3.8, 4) is 0 Å². The van der Waals surface area contributed by atoms with Gasteiger partial charge in [-0.25, -0.2) is 4.79 Å². The molecule has 0 bridgehead atoms. The van der Waals surface area contributed by atoms with Crippen LogP contribution < -0.4 is 5.32 Å². The molecule has 3 rings (SSSR count). The van der Waals surface area contributed by atoms with Crippen molar-refractivity contribution in [2.45, 2.75) is 76.5 Å². The highest BCUT2D eigenvalue weighted by Gasteiger charge is 2.49. The third kappa shape index (κ3) is 5.01. The van der Waals surface area contributed by atoms with Crippen LogP contribution in [0.4, 0.5) is 0 Å². The summed E-state index contributed by atoms with van der Waals surface area (Å²) in [5.74, 6) is -2.51. The van der Waals surface area contributed by atoms with Crippen LogP contribution in [0.15, 0.2) is 30.3 Å². The third-order valence-corrected chi connectivity index (χ3v) is 6.20. The zero-order chi connectivity index (χ0) is 26.0. The lowest BCUT2D eigenvalue weighted by Crippen LogP contribution is -2.55. The highest BCUT2D eigenvalue weighted by atomic mass is 16.5. The lowest BCUT2D eigenvalue weighted by Gasteiger charge is -2.31. The van der Waals surface area contributed by atoms with E-state index in [2.05, 4.69) is 5.32 Å². The van der Waals surface area contributed by atoms with E-state index in [0.29, 0.717) is 12.8 Å². The first kappa shape index (κ1) is 16.3. The Balaban J connectivity index is 1.76. The Morgan fingerprint density at radius 3 is 2.80 bits per heavy atom. The Bertz CT molecular complexity index is 927. The molecule has 1 aliphatic heterocycles. The van der Waals surface area contributed by atoms with Gasteiger partial charge in [0.15, 0.2) is 0 Å². The van der Waals surface area contributed by atoms with E-state index in [9.17, 15) is 19.5 Å². The fraction of sp³-hybridized carbons (Fsp3) is 0.609. The molecule has 5 atom stereocenters. The predicted octanol–water partition coefficient (Wildman–Crippen LogP) is 2.38.